The van der Waals surface area contributed by atoms with Crippen LogP contribution in [0.15, 0.2) is 72.8 Å². The molecule has 0 spiro atoms. The van der Waals surface area contributed by atoms with E-state index in [1.54, 1.807) is 32.4 Å². The van der Waals surface area contributed by atoms with Gasteiger partial charge in [-0.05, 0) is 60.2 Å². The Morgan fingerprint density at radius 1 is 0.824 bits per heavy atom. The summed E-state index contributed by atoms with van der Waals surface area (Å²) in [4.78, 5) is 27.4. The molecule has 4 rings (SSSR count). The van der Waals surface area contributed by atoms with Crippen molar-refractivity contribution >= 4 is 11.8 Å². The fraction of sp³-hybridized carbons (Fsp3) is 0.286. The van der Waals surface area contributed by atoms with Crippen LogP contribution >= 0.6 is 0 Å². The van der Waals surface area contributed by atoms with E-state index in [0.717, 1.165) is 24.0 Å². The molecule has 6 heteroatoms. The average Bonchev–Trinajstić information content (AvgIpc) is 2.91. The molecule has 0 aromatic heterocycles. The summed E-state index contributed by atoms with van der Waals surface area (Å²) in [5.41, 5.74) is 3.46. The molecule has 1 aliphatic rings. The van der Waals surface area contributed by atoms with E-state index in [1.165, 1.54) is 0 Å². The SMILES string of the molecule is COc1ccc(C(=O)N2CCC(CNC(=O)c3ccc(-c4ccccc4)cc3)CC2)cc1OC. The van der Waals surface area contributed by atoms with E-state index in [0.29, 0.717) is 48.2 Å². The first-order chi connectivity index (χ1) is 16.6. The van der Waals surface area contributed by atoms with Gasteiger partial charge >= 0.3 is 0 Å². The maximum atomic E-state index is 12.9. The topological polar surface area (TPSA) is 67.9 Å². The fourth-order valence-electron chi connectivity index (χ4n) is 4.28. The monoisotopic (exact) mass is 458 g/mol. The molecule has 0 saturated carbocycles. The Bertz CT molecular complexity index is 1120. The van der Waals surface area contributed by atoms with E-state index in [1.807, 2.05) is 47.4 Å². The van der Waals surface area contributed by atoms with Crippen molar-refractivity contribution in [3.05, 3.63) is 83.9 Å². The highest BCUT2D eigenvalue weighted by atomic mass is 16.5. The van der Waals surface area contributed by atoms with Crippen LogP contribution in [-0.4, -0.2) is 50.6 Å². The highest BCUT2D eigenvalue weighted by molar-refractivity contribution is 5.95. The number of nitrogens with one attached hydrogen (secondary N) is 1. The van der Waals surface area contributed by atoms with Crippen molar-refractivity contribution in [1.82, 2.24) is 10.2 Å². The summed E-state index contributed by atoms with van der Waals surface area (Å²) in [6.07, 6.45) is 1.71. The third-order valence-electron chi connectivity index (χ3n) is 6.34. The van der Waals surface area contributed by atoms with Crippen LogP contribution in [0.1, 0.15) is 33.6 Å². The molecule has 1 N–H and O–H groups in total. The molecule has 3 aromatic rings. The lowest BCUT2D eigenvalue weighted by Gasteiger charge is -2.32. The van der Waals surface area contributed by atoms with E-state index >= 15 is 0 Å². The molecule has 176 valence electrons. The molecule has 6 nitrogen and oxygen atoms in total. The molecule has 1 aliphatic heterocycles. The Morgan fingerprint density at radius 3 is 2.09 bits per heavy atom. The molecule has 0 unspecified atom stereocenters. The van der Waals surface area contributed by atoms with Crippen LogP contribution in [0.5, 0.6) is 11.5 Å². The first kappa shape index (κ1) is 23.4. The lowest BCUT2D eigenvalue weighted by atomic mass is 9.96. The molecular weight excluding hydrogens is 428 g/mol. The number of nitrogens with zero attached hydrogens (tertiary/aromatic N) is 1. The quantitative estimate of drug-likeness (QED) is 0.560. The number of rotatable bonds is 7. The maximum Gasteiger partial charge on any atom is 0.253 e. The minimum absolute atomic E-state index is 0.0121. The van der Waals surface area contributed by atoms with Crippen LogP contribution < -0.4 is 14.8 Å². The first-order valence-corrected chi connectivity index (χ1v) is 11.5. The Kier molecular flexibility index (Phi) is 7.48. The van der Waals surface area contributed by atoms with Gasteiger partial charge in [0.2, 0.25) is 0 Å². The van der Waals surface area contributed by atoms with E-state index in [9.17, 15) is 9.59 Å². The summed E-state index contributed by atoms with van der Waals surface area (Å²) in [5, 5.41) is 3.06. The first-order valence-electron chi connectivity index (χ1n) is 11.5. The minimum atomic E-state index is -0.0663. The predicted octanol–water partition coefficient (Wildman–Crippen LogP) is 4.65. The van der Waals surface area contributed by atoms with Gasteiger partial charge in [-0.25, -0.2) is 0 Å². The second-order valence-corrected chi connectivity index (χ2v) is 8.46. The van der Waals surface area contributed by atoms with Crippen molar-refractivity contribution in [3.8, 4) is 22.6 Å². The van der Waals surface area contributed by atoms with Crippen molar-refractivity contribution in [2.24, 2.45) is 5.92 Å². The number of carbonyl (C=O) groups is 2. The second kappa shape index (κ2) is 10.9. The van der Waals surface area contributed by atoms with Crippen LogP contribution in [0.3, 0.4) is 0 Å². The maximum absolute atomic E-state index is 12.9. The minimum Gasteiger partial charge on any atom is -0.493 e. The van der Waals surface area contributed by atoms with E-state index in [-0.39, 0.29) is 11.8 Å². The standard InChI is InChI=1S/C28H30N2O4/c1-33-25-13-12-24(18-26(25)34-2)28(32)30-16-14-20(15-17-30)19-29-27(31)23-10-8-22(9-11-23)21-6-4-3-5-7-21/h3-13,18,20H,14-17,19H2,1-2H3,(H,29,31). The number of hydrogen-bond acceptors (Lipinski definition) is 4. The second-order valence-electron chi connectivity index (χ2n) is 8.46. The van der Waals surface area contributed by atoms with Crippen LogP contribution in [0.4, 0.5) is 0 Å². The van der Waals surface area contributed by atoms with Gasteiger partial charge in [0.15, 0.2) is 11.5 Å². The third kappa shape index (κ3) is 5.39. The summed E-state index contributed by atoms with van der Waals surface area (Å²) >= 11 is 0. The highest BCUT2D eigenvalue weighted by Gasteiger charge is 2.24. The van der Waals surface area contributed by atoms with Crippen LogP contribution in [0.2, 0.25) is 0 Å². The number of piperidine rings is 1. The van der Waals surface area contributed by atoms with Crippen molar-refractivity contribution in [2.45, 2.75) is 12.8 Å². The zero-order chi connectivity index (χ0) is 23.9. The van der Waals surface area contributed by atoms with Crippen molar-refractivity contribution in [3.63, 3.8) is 0 Å². The van der Waals surface area contributed by atoms with Crippen LogP contribution in [0, 0.1) is 5.92 Å². The summed E-state index contributed by atoms with van der Waals surface area (Å²) < 4.78 is 10.6. The Hall–Kier alpha value is -3.80. The van der Waals surface area contributed by atoms with E-state index < -0.39 is 0 Å². The number of amides is 2. The zero-order valence-electron chi connectivity index (χ0n) is 19.6. The van der Waals surface area contributed by atoms with Crippen molar-refractivity contribution in [1.29, 1.82) is 0 Å². The molecule has 34 heavy (non-hydrogen) atoms. The number of carbonyl (C=O) groups excluding carboxylic acids is 2. The van der Waals surface area contributed by atoms with Gasteiger partial charge in [-0.2, -0.15) is 0 Å². The Morgan fingerprint density at radius 2 is 1.44 bits per heavy atom. The van der Waals surface area contributed by atoms with Gasteiger partial charge in [0.1, 0.15) is 0 Å². The smallest absolute Gasteiger partial charge is 0.253 e. The van der Waals surface area contributed by atoms with Gasteiger partial charge in [-0.1, -0.05) is 42.5 Å². The average molecular weight is 459 g/mol. The molecule has 0 radical (unpaired) electrons. The number of benzene rings is 3. The summed E-state index contributed by atoms with van der Waals surface area (Å²) in [7, 11) is 3.13. The van der Waals surface area contributed by atoms with Crippen LogP contribution in [-0.2, 0) is 0 Å². The fourth-order valence-corrected chi connectivity index (χ4v) is 4.28. The van der Waals surface area contributed by atoms with Gasteiger partial charge in [0, 0.05) is 30.8 Å². The van der Waals surface area contributed by atoms with Gasteiger partial charge in [0.05, 0.1) is 14.2 Å². The third-order valence-corrected chi connectivity index (χ3v) is 6.34. The number of ether oxygens (including phenoxy) is 2. The lowest BCUT2D eigenvalue weighted by Crippen LogP contribution is -2.41. The van der Waals surface area contributed by atoms with Crippen molar-refractivity contribution in [2.75, 3.05) is 33.9 Å². The highest BCUT2D eigenvalue weighted by Crippen LogP contribution is 2.29. The predicted molar refractivity (Wildman–Crippen MR) is 132 cm³/mol. The Labute approximate surface area is 200 Å². The zero-order valence-corrected chi connectivity index (χ0v) is 19.6. The molecule has 0 bridgehead atoms. The molecular formula is C28H30N2O4. The van der Waals surface area contributed by atoms with Crippen LogP contribution in [0.25, 0.3) is 11.1 Å². The molecule has 1 saturated heterocycles. The number of hydrogen-bond donors (Lipinski definition) is 1. The van der Waals surface area contributed by atoms with E-state index in [4.69, 9.17) is 9.47 Å². The summed E-state index contributed by atoms with van der Waals surface area (Å²) in [5.74, 6) is 1.42. The largest absolute Gasteiger partial charge is 0.493 e. The van der Waals surface area contributed by atoms with Gasteiger partial charge in [-0.15, -0.1) is 0 Å². The Balaban J connectivity index is 1.26. The van der Waals surface area contributed by atoms with Gasteiger partial charge in [0.25, 0.3) is 11.8 Å². The molecule has 2 amide bonds. The van der Waals surface area contributed by atoms with Gasteiger partial charge in [-0.3, -0.25) is 9.59 Å². The van der Waals surface area contributed by atoms with Crippen molar-refractivity contribution < 1.29 is 19.1 Å². The molecule has 1 fully saturated rings. The van der Waals surface area contributed by atoms with Gasteiger partial charge < -0.3 is 19.7 Å². The number of likely N-dealkylation sites (tertiary alicyclic amines) is 1. The molecule has 0 atom stereocenters. The normalized spacial score (nSPS) is 13.9. The summed E-state index contributed by atoms with van der Waals surface area (Å²) in [6, 6.07) is 23.0. The molecule has 3 aromatic carbocycles. The van der Waals surface area contributed by atoms with E-state index in [2.05, 4.69) is 17.4 Å². The lowest BCUT2D eigenvalue weighted by molar-refractivity contribution is 0.0684. The molecule has 0 aliphatic carbocycles. The summed E-state index contributed by atoms with van der Waals surface area (Å²) in [6.45, 7) is 1.94. The molecule has 1 heterocycles. The number of methoxy groups -OCH3 is 2.